The van der Waals surface area contributed by atoms with Crippen LogP contribution >= 0.6 is 11.3 Å². The highest BCUT2D eigenvalue weighted by Gasteiger charge is 2.15. The first-order chi connectivity index (χ1) is 10.8. The molecule has 2 aromatic rings. The molecule has 7 heteroatoms. The maximum atomic E-state index is 12.2. The molecule has 0 saturated carbocycles. The summed E-state index contributed by atoms with van der Waals surface area (Å²) in [5.74, 6) is -0.253. The molecule has 0 radical (unpaired) electrons. The van der Waals surface area contributed by atoms with E-state index in [0.29, 0.717) is 10.0 Å². The lowest BCUT2D eigenvalue weighted by Crippen LogP contribution is -2.14. The molecule has 1 N–H and O–H groups in total. The number of rotatable bonds is 6. The number of hydrogen-bond donors (Lipinski definition) is 1. The van der Waals surface area contributed by atoms with Crippen LogP contribution in [0.25, 0.3) is 0 Å². The quantitative estimate of drug-likeness (QED) is 0.866. The predicted molar refractivity (Wildman–Crippen MR) is 92.7 cm³/mol. The van der Waals surface area contributed by atoms with Crippen molar-refractivity contribution in [2.75, 3.05) is 11.1 Å². The lowest BCUT2D eigenvalue weighted by molar-refractivity contribution is -0.116. The molecule has 0 saturated heterocycles. The summed E-state index contributed by atoms with van der Waals surface area (Å²) >= 11 is 1.42. The van der Waals surface area contributed by atoms with E-state index in [2.05, 4.69) is 10.3 Å². The van der Waals surface area contributed by atoms with Crippen LogP contribution in [0, 0.1) is 20.8 Å². The Bertz CT molecular complexity index is 774. The summed E-state index contributed by atoms with van der Waals surface area (Å²) in [7, 11) is -3.34. The van der Waals surface area contributed by atoms with Crippen molar-refractivity contribution in [3.63, 3.8) is 0 Å². The molecular weight excluding hydrogens is 332 g/mol. The average Bonchev–Trinajstić information content (AvgIpc) is 2.77. The van der Waals surface area contributed by atoms with Gasteiger partial charge in [-0.1, -0.05) is 17.7 Å². The second-order valence-corrected chi connectivity index (χ2v) is 8.76. The third-order valence-electron chi connectivity index (χ3n) is 3.47. The first kappa shape index (κ1) is 17.6. The van der Waals surface area contributed by atoms with Gasteiger partial charge in [0.2, 0.25) is 5.91 Å². The molecular formula is C16H20N2O3S2. The molecule has 0 atom stereocenters. The van der Waals surface area contributed by atoms with Crippen molar-refractivity contribution in [2.24, 2.45) is 0 Å². The lowest BCUT2D eigenvalue weighted by atomic mass is 10.2. The zero-order chi connectivity index (χ0) is 17.0. The van der Waals surface area contributed by atoms with E-state index in [1.807, 2.05) is 20.8 Å². The SMILES string of the molecule is Cc1ccc(S(=O)(=O)CCCC(=O)Nc2nc(C)c(C)s2)cc1. The van der Waals surface area contributed by atoms with Crippen molar-refractivity contribution < 1.29 is 13.2 Å². The van der Waals surface area contributed by atoms with Crippen molar-refractivity contribution in [1.82, 2.24) is 4.98 Å². The second-order valence-electron chi connectivity index (χ2n) is 5.44. The number of benzene rings is 1. The molecule has 0 aliphatic rings. The standard InChI is InChI=1S/C16H20N2O3S2/c1-11-6-8-14(9-7-11)23(20,21)10-4-5-15(19)18-16-17-12(2)13(3)22-16/h6-9H,4-5,10H2,1-3H3,(H,17,18,19). The van der Waals surface area contributed by atoms with Crippen molar-refractivity contribution in [1.29, 1.82) is 0 Å². The molecule has 124 valence electrons. The van der Waals surface area contributed by atoms with Gasteiger partial charge in [0.05, 0.1) is 16.3 Å². The molecule has 2 rings (SSSR count). The predicted octanol–water partition coefficient (Wildman–Crippen LogP) is 3.26. The van der Waals surface area contributed by atoms with Crippen LogP contribution < -0.4 is 5.32 Å². The van der Waals surface area contributed by atoms with Crippen LogP contribution in [0.3, 0.4) is 0 Å². The van der Waals surface area contributed by atoms with E-state index in [1.165, 1.54) is 11.3 Å². The van der Waals surface area contributed by atoms with E-state index in [4.69, 9.17) is 0 Å². The number of carbonyl (C=O) groups is 1. The Morgan fingerprint density at radius 3 is 2.39 bits per heavy atom. The van der Waals surface area contributed by atoms with Gasteiger partial charge in [-0.15, -0.1) is 11.3 Å². The molecule has 1 aromatic heterocycles. The van der Waals surface area contributed by atoms with Crippen LogP contribution in [0.5, 0.6) is 0 Å². The molecule has 0 bridgehead atoms. The van der Waals surface area contributed by atoms with Crippen molar-refractivity contribution in [2.45, 2.75) is 38.5 Å². The molecule has 0 aliphatic carbocycles. The van der Waals surface area contributed by atoms with Crippen LogP contribution in [0.1, 0.15) is 29.0 Å². The molecule has 0 fully saturated rings. The van der Waals surface area contributed by atoms with E-state index in [0.717, 1.165) is 16.1 Å². The molecule has 1 amide bonds. The highest BCUT2D eigenvalue weighted by molar-refractivity contribution is 7.91. The van der Waals surface area contributed by atoms with E-state index in [9.17, 15) is 13.2 Å². The zero-order valence-electron chi connectivity index (χ0n) is 13.4. The van der Waals surface area contributed by atoms with Crippen LogP contribution in [-0.4, -0.2) is 25.1 Å². The van der Waals surface area contributed by atoms with Crippen LogP contribution in [0.4, 0.5) is 5.13 Å². The molecule has 5 nitrogen and oxygen atoms in total. The number of amides is 1. The number of nitrogens with zero attached hydrogens (tertiary/aromatic N) is 1. The van der Waals surface area contributed by atoms with Gasteiger partial charge in [0.1, 0.15) is 0 Å². The van der Waals surface area contributed by atoms with Gasteiger partial charge in [-0.05, 0) is 39.3 Å². The fourth-order valence-corrected chi connectivity index (χ4v) is 4.14. The number of nitrogens with one attached hydrogen (secondary N) is 1. The maximum absolute atomic E-state index is 12.2. The topological polar surface area (TPSA) is 76.1 Å². The van der Waals surface area contributed by atoms with Gasteiger partial charge in [0.15, 0.2) is 15.0 Å². The fourth-order valence-electron chi connectivity index (χ4n) is 1.99. The van der Waals surface area contributed by atoms with Crippen molar-refractivity contribution in [3.8, 4) is 0 Å². The van der Waals surface area contributed by atoms with Crippen molar-refractivity contribution in [3.05, 3.63) is 40.4 Å². The van der Waals surface area contributed by atoms with Gasteiger partial charge >= 0.3 is 0 Å². The van der Waals surface area contributed by atoms with E-state index in [-0.39, 0.29) is 24.5 Å². The average molecular weight is 352 g/mol. The summed E-state index contributed by atoms with van der Waals surface area (Å²) in [5, 5.41) is 3.27. The van der Waals surface area contributed by atoms with Gasteiger partial charge in [-0.25, -0.2) is 13.4 Å². The smallest absolute Gasteiger partial charge is 0.226 e. The van der Waals surface area contributed by atoms with E-state index in [1.54, 1.807) is 24.3 Å². The van der Waals surface area contributed by atoms with Crippen LogP contribution in [0.2, 0.25) is 0 Å². The third kappa shape index (κ3) is 4.87. The minimum atomic E-state index is -3.34. The number of carbonyl (C=O) groups excluding carboxylic acids is 1. The van der Waals surface area contributed by atoms with E-state index >= 15 is 0 Å². The zero-order valence-corrected chi connectivity index (χ0v) is 15.1. The van der Waals surface area contributed by atoms with Crippen molar-refractivity contribution >= 4 is 32.2 Å². The Hall–Kier alpha value is -1.73. The Labute approximate surface area is 140 Å². The Balaban J connectivity index is 1.86. The summed E-state index contributed by atoms with van der Waals surface area (Å²) in [5.41, 5.74) is 1.91. The minimum absolute atomic E-state index is 0.0423. The van der Waals surface area contributed by atoms with Gasteiger partial charge < -0.3 is 5.32 Å². The number of aryl methyl sites for hydroxylation is 3. The Morgan fingerprint density at radius 1 is 1.17 bits per heavy atom. The summed E-state index contributed by atoms with van der Waals surface area (Å²) in [6.45, 7) is 5.73. The second kappa shape index (κ2) is 7.23. The number of hydrogen-bond acceptors (Lipinski definition) is 5. The van der Waals surface area contributed by atoms with Gasteiger partial charge in [-0.3, -0.25) is 4.79 Å². The lowest BCUT2D eigenvalue weighted by Gasteiger charge is -2.05. The monoisotopic (exact) mass is 352 g/mol. The number of aromatic nitrogens is 1. The van der Waals surface area contributed by atoms with Gasteiger partial charge in [0, 0.05) is 11.3 Å². The van der Waals surface area contributed by atoms with Gasteiger partial charge in [-0.2, -0.15) is 0 Å². The largest absolute Gasteiger partial charge is 0.302 e. The molecule has 0 spiro atoms. The maximum Gasteiger partial charge on any atom is 0.226 e. The normalized spacial score (nSPS) is 11.4. The summed E-state index contributed by atoms with van der Waals surface area (Å²) in [6.07, 6.45) is 0.439. The molecule has 1 heterocycles. The van der Waals surface area contributed by atoms with E-state index < -0.39 is 9.84 Å². The number of thiazole rings is 1. The van der Waals surface area contributed by atoms with Crippen LogP contribution in [-0.2, 0) is 14.6 Å². The summed E-state index contributed by atoms with van der Waals surface area (Å²) < 4.78 is 24.4. The molecule has 1 aromatic carbocycles. The minimum Gasteiger partial charge on any atom is -0.302 e. The first-order valence-corrected chi connectivity index (χ1v) is 9.78. The van der Waals surface area contributed by atoms with Crippen LogP contribution in [0.15, 0.2) is 29.2 Å². The Morgan fingerprint density at radius 2 is 1.83 bits per heavy atom. The first-order valence-electron chi connectivity index (χ1n) is 7.31. The highest BCUT2D eigenvalue weighted by Crippen LogP contribution is 2.21. The number of sulfone groups is 1. The summed E-state index contributed by atoms with van der Waals surface area (Å²) in [4.78, 5) is 17.5. The third-order valence-corrected chi connectivity index (χ3v) is 6.28. The highest BCUT2D eigenvalue weighted by atomic mass is 32.2. The number of anilines is 1. The van der Waals surface area contributed by atoms with Gasteiger partial charge in [0.25, 0.3) is 0 Å². The molecule has 0 aliphatic heterocycles. The molecule has 23 heavy (non-hydrogen) atoms. The molecule has 0 unspecified atom stereocenters. The summed E-state index contributed by atoms with van der Waals surface area (Å²) in [6, 6.07) is 6.75. The fraction of sp³-hybridized carbons (Fsp3) is 0.375. The Kier molecular flexibility index (Phi) is 5.54.